The van der Waals surface area contributed by atoms with Crippen molar-refractivity contribution in [1.29, 1.82) is 0 Å². The van der Waals surface area contributed by atoms with E-state index in [9.17, 15) is 14.4 Å². The number of hydrogen-bond acceptors (Lipinski definition) is 4. The van der Waals surface area contributed by atoms with E-state index in [1.807, 2.05) is 31.2 Å². The van der Waals surface area contributed by atoms with Gasteiger partial charge in [0.2, 0.25) is 17.7 Å². The smallest absolute Gasteiger partial charge is 0.248 e. The summed E-state index contributed by atoms with van der Waals surface area (Å²) in [6.07, 6.45) is 1.32. The zero-order valence-corrected chi connectivity index (χ0v) is 19.8. The maximum absolute atomic E-state index is 12.9. The summed E-state index contributed by atoms with van der Waals surface area (Å²) in [6.45, 7) is 11.4. The van der Waals surface area contributed by atoms with Crippen LogP contribution in [0.5, 0.6) is 0 Å². The van der Waals surface area contributed by atoms with E-state index in [2.05, 4.69) is 27.7 Å². The van der Waals surface area contributed by atoms with Crippen LogP contribution in [0, 0.1) is 18.3 Å². The second-order valence-corrected chi connectivity index (χ2v) is 9.78. The van der Waals surface area contributed by atoms with Crippen molar-refractivity contribution in [3.63, 3.8) is 0 Å². The van der Waals surface area contributed by atoms with Gasteiger partial charge in [0.25, 0.3) is 0 Å². The van der Waals surface area contributed by atoms with Gasteiger partial charge < -0.3 is 14.5 Å². The first-order chi connectivity index (χ1) is 14.5. The molecule has 0 aliphatic carbocycles. The van der Waals surface area contributed by atoms with Crippen molar-refractivity contribution in [3.8, 4) is 0 Å². The number of aryl methyl sites for hydroxylation is 1. The zero-order valence-electron chi connectivity index (χ0n) is 19.8. The number of rotatable bonds is 9. The first-order valence-corrected chi connectivity index (χ1v) is 10.9. The number of methoxy groups -OCH3 is 1. The molecule has 1 aromatic rings. The second kappa shape index (κ2) is 10.8. The number of anilines is 1. The Morgan fingerprint density at radius 3 is 2.58 bits per heavy atom. The quantitative estimate of drug-likeness (QED) is 0.603. The summed E-state index contributed by atoms with van der Waals surface area (Å²) in [5.41, 5.74) is 1.97. The van der Waals surface area contributed by atoms with Gasteiger partial charge in [-0.15, -0.1) is 0 Å². The molecule has 1 saturated heterocycles. The fourth-order valence-corrected chi connectivity index (χ4v) is 4.04. The lowest BCUT2D eigenvalue weighted by atomic mass is 9.84. The first kappa shape index (κ1) is 24.9. The molecule has 172 valence electrons. The van der Waals surface area contributed by atoms with Gasteiger partial charge in [0.05, 0.1) is 13.2 Å². The molecule has 1 atom stereocenters. The minimum atomic E-state index is -0.226. The van der Waals surface area contributed by atoms with Crippen LogP contribution in [0.2, 0.25) is 0 Å². The molecule has 1 heterocycles. The molecule has 2 rings (SSSR count). The Balaban J connectivity index is 2.01. The number of hydrogen-bond donors (Lipinski definition) is 0. The van der Waals surface area contributed by atoms with Crippen molar-refractivity contribution in [2.45, 2.75) is 47.5 Å². The minimum Gasteiger partial charge on any atom is -0.383 e. The lowest BCUT2D eigenvalue weighted by Gasteiger charge is -2.28. The van der Waals surface area contributed by atoms with E-state index < -0.39 is 0 Å². The highest BCUT2D eigenvalue weighted by Crippen LogP contribution is 2.26. The number of ether oxygens (including phenoxy) is 1. The van der Waals surface area contributed by atoms with E-state index >= 15 is 0 Å². The van der Waals surface area contributed by atoms with E-state index in [4.69, 9.17) is 4.74 Å². The SMILES string of the molecule is COCCN(CC(=O)N1CC(=O)N(c2cccc(C)c2)C1)C(=O)C[C@H](C)CC(C)(C)C. The Morgan fingerprint density at radius 1 is 1.26 bits per heavy atom. The van der Waals surface area contributed by atoms with E-state index in [1.54, 1.807) is 16.9 Å². The van der Waals surface area contributed by atoms with Crippen LogP contribution in [-0.4, -0.2) is 67.5 Å². The van der Waals surface area contributed by atoms with Crippen molar-refractivity contribution in [2.24, 2.45) is 11.3 Å². The number of nitrogens with zero attached hydrogens (tertiary/aromatic N) is 3. The van der Waals surface area contributed by atoms with Gasteiger partial charge in [-0.2, -0.15) is 0 Å². The number of carbonyl (C=O) groups excluding carboxylic acids is 3. The maximum atomic E-state index is 12.9. The van der Waals surface area contributed by atoms with Crippen LogP contribution in [0.3, 0.4) is 0 Å². The summed E-state index contributed by atoms with van der Waals surface area (Å²) in [6, 6.07) is 7.65. The van der Waals surface area contributed by atoms with Gasteiger partial charge in [-0.25, -0.2) is 0 Å². The van der Waals surface area contributed by atoms with Gasteiger partial charge >= 0.3 is 0 Å². The topological polar surface area (TPSA) is 70.2 Å². The van der Waals surface area contributed by atoms with E-state index in [0.29, 0.717) is 19.6 Å². The lowest BCUT2D eigenvalue weighted by Crippen LogP contribution is -2.44. The molecule has 1 aliphatic rings. The van der Waals surface area contributed by atoms with Gasteiger partial charge in [0.15, 0.2) is 0 Å². The summed E-state index contributed by atoms with van der Waals surface area (Å²) in [5, 5.41) is 0. The second-order valence-electron chi connectivity index (χ2n) is 9.78. The van der Waals surface area contributed by atoms with Crippen LogP contribution >= 0.6 is 0 Å². The molecule has 31 heavy (non-hydrogen) atoms. The van der Waals surface area contributed by atoms with Crippen LogP contribution in [0.15, 0.2) is 24.3 Å². The Bertz CT molecular complexity index is 787. The molecule has 0 N–H and O–H groups in total. The van der Waals surface area contributed by atoms with Crippen molar-refractivity contribution < 1.29 is 19.1 Å². The van der Waals surface area contributed by atoms with Crippen molar-refractivity contribution in [1.82, 2.24) is 9.80 Å². The molecule has 1 aliphatic heterocycles. The highest BCUT2D eigenvalue weighted by Gasteiger charge is 2.33. The van der Waals surface area contributed by atoms with Crippen molar-refractivity contribution >= 4 is 23.4 Å². The molecular formula is C24H37N3O4. The first-order valence-electron chi connectivity index (χ1n) is 10.9. The predicted molar refractivity (Wildman–Crippen MR) is 122 cm³/mol. The summed E-state index contributed by atoms with van der Waals surface area (Å²) >= 11 is 0. The van der Waals surface area contributed by atoms with Crippen LogP contribution in [0.25, 0.3) is 0 Å². The third-order valence-corrected chi connectivity index (χ3v) is 5.33. The minimum absolute atomic E-state index is 0.0273. The van der Waals surface area contributed by atoms with Crippen LogP contribution in [0.1, 0.15) is 46.1 Å². The number of amides is 3. The molecule has 0 bridgehead atoms. The molecule has 7 nitrogen and oxygen atoms in total. The summed E-state index contributed by atoms with van der Waals surface area (Å²) in [4.78, 5) is 43.0. The Labute approximate surface area is 186 Å². The standard InChI is InChI=1S/C24H37N3O4/c1-18-8-7-9-20(12-18)27-17-26(16-23(27)30)22(29)15-25(10-11-31-6)21(28)13-19(2)14-24(3,4)5/h7-9,12,19H,10-11,13-17H2,1-6H3/t19-/m0/s1. The molecule has 3 amide bonds. The van der Waals surface area contributed by atoms with Crippen molar-refractivity contribution in [3.05, 3.63) is 29.8 Å². The van der Waals surface area contributed by atoms with Crippen LogP contribution in [0.4, 0.5) is 5.69 Å². The molecule has 0 aromatic heterocycles. The summed E-state index contributed by atoms with van der Waals surface area (Å²) in [5.74, 6) is -0.176. The molecule has 0 saturated carbocycles. The highest BCUT2D eigenvalue weighted by atomic mass is 16.5. The van der Waals surface area contributed by atoms with Gasteiger partial charge in [-0.05, 0) is 42.4 Å². The Morgan fingerprint density at radius 2 is 1.97 bits per heavy atom. The highest BCUT2D eigenvalue weighted by molar-refractivity contribution is 6.00. The molecule has 0 unspecified atom stereocenters. The lowest BCUT2D eigenvalue weighted by molar-refractivity contribution is -0.141. The number of benzene rings is 1. The van der Waals surface area contributed by atoms with E-state index in [-0.39, 0.29) is 48.8 Å². The van der Waals surface area contributed by atoms with Crippen LogP contribution < -0.4 is 4.90 Å². The van der Waals surface area contributed by atoms with Crippen LogP contribution in [-0.2, 0) is 19.1 Å². The third-order valence-electron chi connectivity index (χ3n) is 5.33. The fraction of sp³-hybridized carbons (Fsp3) is 0.625. The van der Waals surface area contributed by atoms with Gasteiger partial charge in [-0.3, -0.25) is 19.3 Å². The van der Waals surface area contributed by atoms with Gasteiger partial charge in [0, 0.05) is 25.8 Å². The predicted octanol–water partition coefficient (Wildman–Crippen LogP) is 3.07. The van der Waals surface area contributed by atoms with Gasteiger partial charge in [0.1, 0.15) is 13.2 Å². The van der Waals surface area contributed by atoms with E-state index in [0.717, 1.165) is 17.7 Å². The third kappa shape index (κ3) is 7.65. The normalized spacial score (nSPS) is 15.4. The Kier molecular flexibility index (Phi) is 8.62. The molecule has 0 radical (unpaired) electrons. The average molecular weight is 432 g/mol. The van der Waals surface area contributed by atoms with Crippen molar-refractivity contribution in [2.75, 3.05) is 44.9 Å². The monoisotopic (exact) mass is 431 g/mol. The Hall–Kier alpha value is -2.41. The molecular weight excluding hydrogens is 394 g/mol. The fourth-order valence-electron chi connectivity index (χ4n) is 4.04. The molecule has 1 fully saturated rings. The molecule has 7 heteroatoms. The zero-order chi connectivity index (χ0) is 23.2. The average Bonchev–Trinajstić information content (AvgIpc) is 3.05. The maximum Gasteiger partial charge on any atom is 0.248 e. The summed E-state index contributed by atoms with van der Waals surface area (Å²) < 4.78 is 5.14. The van der Waals surface area contributed by atoms with E-state index in [1.165, 1.54) is 4.90 Å². The molecule has 1 aromatic carbocycles. The molecule has 0 spiro atoms. The summed E-state index contributed by atoms with van der Waals surface area (Å²) in [7, 11) is 1.57. The van der Waals surface area contributed by atoms with Gasteiger partial charge in [-0.1, -0.05) is 39.8 Å². The largest absolute Gasteiger partial charge is 0.383 e. The number of carbonyl (C=O) groups is 3.